The van der Waals surface area contributed by atoms with Crippen LogP contribution in [0.2, 0.25) is 0 Å². The van der Waals surface area contributed by atoms with Gasteiger partial charge in [-0.25, -0.2) is 4.98 Å². The topological polar surface area (TPSA) is 93.4 Å². The Hall–Kier alpha value is -3.26. The number of rotatable bonds is 5. The first-order valence-corrected chi connectivity index (χ1v) is 10.9. The molecular formula is C24H29N5O3. The second-order valence-electron chi connectivity index (χ2n) is 8.81. The number of carbonyl (C=O) groups is 1. The van der Waals surface area contributed by atoms with E-state index in [1.54, 1.807) is 44.6 Å². The molecule has 0 aliphatic carbocycles. The molecule has 168 valence electrons. The van der Waals surface area contributed by atoms with Crippen LogP contribution in [-0.4, -0.2) is 54.6 Å². The van der Waals surface area contributed by atoms with Crippen molar-refractivity contribution in [2.24, 2.45) is 0 Å². The molecule has 3 heterocycles. The summed E-state index contributed by atoms with van der Waals surface area (Å²) in [6, 6.07) is 9.24. The van der Waals surface area contributed by atoms with E-state index in [9.17, 15) is 9.90 Å². The van der Waals surface area contributed by atoms with Crippen LogP contribution in [0.4, 0.5) is 0 Å². The first-order valence-electron chi connectivity index (χ1n) is 10.9. The molecule has 0 spiro atoms. The molecule has 1 aliphatic rings. The van der Waals surface area contributed by atoms with Gasteiger partial charge in [0.1, 0.15) is 6.10 Å². The third-order valence-corrected chi connectivity index (χ3v) is 5.96. The lowest BCUT2D eigenvalue weighted by Gasteiger charge is -2.38. The number of ether oxygens (including phenoxy) is 1. The van der Waals surface area contributed by atoms with E-state index in [4.69, 9.17) is 4.74 Å². The Kier molecular flexibility index (Phi) is 5.97. The number of para-hydroxylation sites is 1. The van der Waals surface area contributed by atoms with Crippen molar-refractivity contribution in [2.75, 3.05) is 6.54 Å². The lowest BCUT2D eigenvalue weighted by atomic mass is 9.95. The minimum Gasteiger partial charge on any atom is -0.472 e. The molecule has 3 aromatic rings. The van der Waals surface area contributed by atoms with Crippen molar-refractivity contribution >= 4 is 5.91 Å². The van der Waals surface area contributed by atoms with E-state index in [0.717, 1.165) is 24.0 Å². The van der Waals surface area contributed by atoms with E-state index < -0.39 is 5.60 Å². The van der Waals surface area contributed by atoms with Gasteiger partial charge in [-0.15, -0.1) is 0 Å². The number of nitrogens with zero attached hydrogens (tertiary/aromatic N) is 5. The zero-order valence-electron chi connectivity index (χ0n) is 18.9. The smallest absolute Gasteiger partial charge is 0.256 e. The predicted octanol–water partition coefficient (Wildman–Crippen LogP) is 3.27. The van der Waals surface area contributed by atoms with Crippen molar-refractivity contribution in [1.29, 1.82) is 0 Å². The van der Waals surface area contributed by atoms with Crippen molar-refractivity contribution in [2.45, 2.75) is 58.3 Å². The fourth-order valence-electron chi connectivity index (χ4n) is 4.23. The van der Waals surface area contributed by atoms with Crippen LogP contribution in [0.1, 0.15) is 55.1 Å². The monoisotopic (exact) mass is 435 g/mol. The molecule has 1 aliphatic heterocycles. The minimum atomic E-state index is -0.988. The van der Waals surface area contributed by atoms with E-state index in [1.165, 1.54) is 4.80 Å². The summed E-state index contributed by atoms with van der Waals surface area (Å²) in [6.07, 6.45) is 6.28. The standard InChI is InChI=1S/C24H29N5O3/c1-16-9-10-18(32-22-17(2)20(11-12-25-22)24(3,4)31)15-28(16)23(30)19-7-5-6-8-21(19)29-26-13-14-27-29/h5-8,11-14,16,18,31H,9-10,15H2,1-4H3/t16-,18-/m1/s1. The molecular weight excluding hydrogens is 406 g/mol. The van der Waals surface area contributed by atoms with Gasteiger partial charge in [-0.1, -0.05) is 12.1 Å². The Morgan fingerprint density at radius 3 is 2.56 bits per heavy atom. The van der Waals surface area contributed by atoms with Gasteiger partial charge >= 0.3 is 0 Å². The van der Waals surface area contributed by atoms with E-state index in [0.29, 0.717) is 23.7 Å². The molecule has 1 aromatic carbocycles. The lowest BCUT2D eigenvalue weighted by Crippen LogP contribution is -2.49. The van der Waals surface area contributed by atoms with Gasteiger partial charge in [-0.3, -0.25) is 4.79 Å². The minimum absolute atomic E-state index is 0.0753. The van der Waals surface area contributed by atoms with Crippen LogP contribution >= 0.6 is 0 Å². The van der Waals surface area contributed by atoms with Crippen LogP contribution in [0.15, 0.2) is 48.9 Å². The van der Waals surface area contributed by atoms with Gasteiger partial charge in [-0.2, -0.15) is 15.0 Å². The Labute approximate surface area is 187 Å². The highest BCUT2D eigenvalue weighted by molar-refractivity contribution is 5.98. The number of hydrogen-bond donors (Lipinski definition) is 1. The Morgan fingerprint density at radius 2 is 1.84 bits per heavy atom. The highest BCUT2D eigenvalue weighted by atomic mass is 16.5. The van der Waals surface area contributed by atoms with Crippen molar-refractivity contribution < 1.29 is 14.6 Å². The summed E-state index contributed by atoms with van der Waals surface area (Å²) in [5, 5.41) is 18.8. The zero-order valence-corrected chi connectivity index (χ0v) is 18.9. The first-order chi connectivity index (χ1) is 15.3. The van der Waals surface area contributed by atoms with Gasteiger partial charge in [0.25, 0.3) is 5.91 Å². The molecule has 2 atom stereocenters. The number of likely N-dealkylation sites (tertiary alicyclic amines) is 1. The fraction of sp³-hybridized carbons (Fsp3) is 0.417. The number of pyridine rings is 1. The van der Waals surface area contributed by atoms with E-state index in [1.807, 2.05) is 30.0 Å². The van der Waals surface area contributed by atoms with Crippen LogP contribution in [-0.2, 0) is 5.60 Å². The number of aliphatic hydroxyl groups is 1. The van der Waals surface area contributed by atoms with Crippen LogP contribution in [0, 0.1) is 6.92 Å². The van der Waals surface area contributed by atoms with E-state index in [2.05, 4.69) is 22.1 Å². The van der Waals surface area contributed by atoms with Crippen molar-refractivity contribution in [3.8, 4) is 11.6 Å². The molecule has 0 radical (unpaired) electrons. The summed E-state index contributed by atoms with van der Waals surface area (Å²) < 4.78 is 6.24. The predicted molar refractivity (Wildman–Crippen MR) is 120 cm³/mol. The van der Waals surface area contributed by atoms with Gasteiger partial charge < -0.3 is 14.7 Å². The lowest BCUT2D eigenvalue weighted by molar-refractivity contribution is 0.0367. The molecule has 8 nitrogen and oxygen atoms in total. The third-order valence-electron chi connectivity index (χ3n) is 5.96. The molecule has 0 unspecified atom stereocenters. The zero-order chi connectivity index (χ0) is 22.9. The molecule has 8 heteroatoms. The van der Waals surface area contributed by atoms with Crippen LogP contribution in [0.25, 0.3) is 5.69 Å². The molecule has 1 saturated heterocycles. The maximum atomic E-state index is 13.5. The molecule has 32 heavy (non-hydrogen) atoms. The van der Waals surface area contributed by atoms with Crippen LogP contribution < -0.4 is 4.74 Å². The average Bonchev–Trinajstić information content (AvgIpc) is 3.30. The number of benzene rings is 1. The highest BCUT2D eigenvalue weighted by Crippen LogP contribution is 2.30. The van der Waals surface area contributed by atoms with E-state index in [-0.39, 0.29) is 18.1 Å². The maximum absolute atomic E-state index is 13.5. The van der Waals surface area contributed by atoms with Gasteiger partial charge in [-0.05, 0) is 64.3 Å². The molecule has 1 amide bonds. The Bertz CT molecular complexity index is 1090. The number of carbonyl (C=O) groups excluding carboxylic acids is 1. The van der Waals surface area contributed by atoms with Crippen LogP contribution in [0.5, 0.6) is 5.88 Å². The molecule has 4 rings (SSSR count). The number of amides is 1. The van der Waals surface area contributed by atoms with Gasteiger partial charge in [0.05, 0.1) is 35.8 Å². The number of piperidine rings is 1. The normalized spacial score (nSPS) is 19.1. The van der Waals surface area contributed by atoms with Crippen LogP contribution in [0.3, 0.4) is 0 Å². The first kappa shape index (κ1) is 22.0. The molecule has 1 fully saturated rings. The fourth-order valence-corrected chi connectivity index (χ4v) is 4.23. The Balaban J connectivity index is 1.56. The van der Waals surface area contributed by atoms with Gasteiger partial charge in [0.15, 0.2) is 0 Å². The number of hydrogen-bond acceptors (Lipinski definition) is 6. The van der Waals surface area contributed by atoms with E-state index >= 15 is 0 Å². The second-order valence-corrected chi connectivity index (χ2v) is 8.81. The maximum Gasteiger partial charge on any atom is 0.256 e. The van der Waals surface area contributed by atoms with Crippen molar-refractivity contribution in [3.63, 3.8) is 0 Å². The van der Waals surface area contributed by atoms with Crippen molar-refractivity contribution in [1.82, 2.24) is 24.9 Å². The third kappa shape index (κ3) is 4.36. The molecule has 0 bridgehead atoms. The van der Waals surface area contributed by atoms with Gasteiger partial charge in [0, 0.05) is 17.8 Å². The summed E-state index contributed by atoms with van der Waals surface area (Å²) in [5.41, 5.74) is 1.80. The quantitative estimate of drug-likeness (QED) is 0.661. The second kappa shape index (κ2) is 8.70. The average molecular weight is 436 g/mol. The summed E-state index contributed by atoms with van der Waals surface area (Å²) in [7, 11) is 0. The van der Waals surface area contributed by atoms with Crippen molar-refractivity contribution in [3.05, 3.63) is 65.6 Å². The molecule has 1 N–H and O–H groups in total. The Morgan fingerprint density at radius 1 is 1.12 bits per heavy atom. The summed E-state index contributed by atoms with van der Waals surface area (Å²) >= 11 is 0. The molecule has 0 saturated carbocycles. The largest absolute Gasteiger partial charge is 0.472 e. The summed E-state index contributed by atoms with van der Waals surface area (Å²) in [4.78, 5) is 21.2. The highest BCUT2D eigenvalue weighted by Gasteiger charge is 2.33. The SMILES string of the molecule is Cc1c(C(C)(C)O)ccnc1O[C@@H]1CC[C@@H](C)N(C(=O)c2ccccc2-n2nccn2)C1. The molecule has 2 aromatic heterocycles. The summed E-state index contributed by atoms with van der Waals surface area (Å²) in [5.74, 6) is 0.423. The summed E-state index contributed by atoms with van der Waals surface area (Å²) in [6.45, 7) is 7.90. The number of aromatic nitrogens is 4. The van der Waals surface area contributed by atoms with Gasteiger partial charge in [0.2, 0.25) is 5.88 Å².